The first kappa shape index (κ1) is 11.6. The van der Waals surface area contributed by atoms with Crippen molar-refractivity contribution in [2.24, 2.45) is 0 Å². The van der Waals surface area contributed by atoms with Gasteiger partial charge in [-0.15, -0.1) is 0 Å². The summed E-state index contributed by atoms with van der Waals surface area (Å²) in [5.74, 6) is 0. The number of hydrogen-bond acceptors (Lipinski definition) is 3. The Bertz CT molecular complexity index is 126. The fourth-order valence-electron chi connectivity index (χ4n) is 0. The second-order valence-corrected chi connectivity index (χ2v) is 2.71. The molecule has 0 aromatic heterocycles. The number of hydrogen-bond donors (Lipinski definition) is 1. The van der Waals surface area contributed by atoms with E-state index in [1.807, 2.05) is 0 Å². The van der Waals surface area contributed by atoms with Crippen LogP contribution in [-0.4, -0.2) is 10.4 Å². The van der Waals surface area contributed by atoms with Gasteiger partial charge >= 0.3 is 29.6 Å². The van der Waals surface area contributed by atoms with E-state index in [0.717, 1.165) is 6.92 Å². The van der Waals surface area contributed by atoms with Crippen LogP contribution in [0.2, 0.25) is 0 Å². The smallest absolute Gasteiger partial charge is 0.773 e. The quantitative estimate of drug-likeness (QED) is 0.303. The molecule has 0 bridgehead atoms. The van der Waals surface area contributed by atoms with Crippen molar-refractivity contribution in [2.45, 2.75) is 6.92 Å². The van der Waals surface area contributed by atoms with Crippen LogP contribution in [-0.2, 0) is 9.36 Å². The molecule has 0 saturated carbocycles. The molecule has 0 aliphatic heterocycles. The zero-order valence-electron chi connectivity index (χ0n) is 4.62. The third-order valence-electron chi connectivity index (χ3n) is 0.398. The Morgan fingerprint density at radius 2 is 1.88 bits per heavy atom. The molecular weight excluding hydrogens is 142 g/mol. The van der Waals surface area contributed by atoms with Crippen LogP contribution < -0.4 is 34.5 Å². The molecule has 1 atom stereocenters. The Balaban J connectivity index is 0. The van der Waals surface area contributed by atoms with E-state index in [1.165, 1.54) is 0 Å². The van der Waals surface area contributed by atoms with Gasteiger partial charge in [0.05, 0.1) is 0 Å². The van der Waals surface area contributed by atoms with Crippen LogP contribution in [0.1, 0.15) is 6.92 Å². The Morgan fingerprint density at radius 1 is 1.75 bits per heavy atom. The summed E-state index contributed by atoms with van der Waals surface area (Å²) in [5.41, 5.74) is -1.20. The predicted molar refractivity (Wildman–Crippen MR) is 20.5 cm³/mol. The number of carbonyl (C=O) groups excluding carboxylic acids is 1. The molecule has 0 spiro atoms. The van der Waals surface area contributed by atoms with Crippen LogP contribution in [0.4, 0.5) is 0 Å². The molecule has 0 saturated heterocycles. The van der Waals surface area contributed by atoms with Crippen molar-refractivity contribution in [3.05, 3.63) is 0 Å². The Morgan fingerprint density at radius 3 is 1.88 bits per heavy atom. The van der Waals surface area contributed by atoms with Crippen molar-refractivity contribution in [1.82, 2.24) is 0 Å². The standard InChI is InChI=1S/C2H5O4P.Na/c1-2(3)7(4,5)6;/h1H3,(H2,4,5,6);/q;+1/p-1. The Kier molecular flexibility index (Phi) is 5.47. The average molecular weight is 146 g/mol. The van der Waals surface area contributed by atoms with Crippen LogP contribution in [0.25, 0.3) is 0 Å². The minimum absolute atomic E-state index is 0. The van der Waals surface area contributed by atoms with Gasteiger partial charge in [0.2, 0.25) is 5.52 Å². The molecule has 0 aromatic carbocycles. The average Bonchev–Trinajstić information content (AvgIpc) is 1.31. The summed E-state index contributed by atoms with van der Waals surface area (Å²) < 4.78 is 9.56. The third kappa shape index (κ3) is 4.97. The fourth-order valence-corrected chi connectivity index (χ4v) is 0. The van der Waals surface area contributed by atoms with Crippen molar-refractivity contribution in [3.63, 3.8) is 0 Å². The van der Waals surface area contributed by atoms with Gasteiger partial charge < -0.3 is 14.4 Å². The molecule has 0 fully saturated rings. The molecule has 1 unspecified atom stereocenters. The summed E-state index contributed by atoms with van der Waals surface area (Å²) in [7, 11) is -4.63. The summed E-state index contributed by atoms with van der Waals surface area (Å²) in [5, 5.41) is 0. The third-order valence-corrected chi connectivity index (χ3v) is 1.19. The van der Waals surface area contributed by atoms with Gasteiger partial charge in [-0.05, 0) is 0 Å². The normalized spacial score (nSPS) is 15.9. The summed E-state index contributed by atoms with van der Waals surface area (Å²) in [6.45, 7) is 0.785. The molecule has 0 aliphatic carbocycles. The molecule has 0 rings (SSSR count). The van der Waals surface area contributed by atoms with E-state index >= 15 is 0 Å². The van der Waals surface area contributed by atoms with E-state index in [0.29, 0.717) is 0 Å². The van der Waals surface area contributed by atoms with Gasteiger partial charge in [0.25, 0.3) is 0 Å². The van der Waals surface area contributed by atoms with Gasteiger partial charge in [-0.25, -0.2) is 0 Å². The summed E-state index contributed by atoms with van der Waals surface area (Å²) in [6.07, 6.45) is 0. The first-order valence-corrected chi connectivity index (χ1v) is 3.07. The molecule has 8 heavy (non-hydrogen) atoms. The predicted octanol–water partition coefficient (Wildman–Crippen LogP) is -3.92. The first-order valence-electron chi connectivity index (χ1n) is 1.49. The van der Waals surface area contributed by atoms with E-state index in [1.54, 1.807) is 0 Å². The van der Waals surface area contributed by atoms with Crippen LogP contribution in [0.3, 0.4) is 0 Å². The molecule has 4 nitrogen and oxygen atoms in total. The molecule has 0 radical (unpaired) electrons. The maximum Gasteiger partial charge on any atom is 1.00 e. The van der Waals surface area contributed by atoms with Crippen molar-refractivity contribution in [3.8, 4) is 0 Å². The second-order valence-electron chi connectivity index (χ2n) is 1.04. The van der Waals surface area contributed by atoms with Crippen LogP contribution >= 0.6 is 7.60 Å². The molecule has 0 aromatic rings. The van der Waals surface area contributed by atoms with Crippen molar-refractivity contribution >= 4 is 13.1 Å². The van der Waals surface area contributed by atoms with Gasteiger partial charge in [0.15, 0.2) is 7.60 Å². The Labute approximate surface area is 68.7 Å². The van der Waals surface area contributed by atoms with Crippen LogP contribution in [0.5, 0.6) is 0 Å². The summed E-state index contributed by atoms with van der Waals surface area (Å²) in [6, 6.07) is 0. The first-order chi connectivity index (χ1) is 2.94. The summed E-state index contributed by atoms with van der Waals surface area (Å²) in [4.78, 5) is 26.9. The maximum absolute atomic E-state index is 9.64. The van der Waals surface area contributed by atoms with Gasteiger partial charge in [-0.1, -0.05) is 0 Å². The van der Waals surface area contributed by atoms with Gasteiger partial charge in [0, 0.05) is 6.92 Å². The van der Waals surface area contributed by atoms with E-state index < -0.39 is 13.1 Å². The zero-order valence-corrected chi connectivity index (χ0v) is 7.51. The topological polar surface area (TPSA) is 77.4 Å². The van der Waals surface area contributed by atoms with E-state index in [-0.39, 0.29) is 29.6 Å². The largest absolute Gasteiger partial charge is 1.00 e. The Hall–Kier alpha value is 0.820. The molecule has 0 heterocycles. The van der Waals surface area contributed by atoms with Crippen LogP contribution in [0, 0.1) is 0 Å². The maximum atomic E-state index is 9.64. The zero-order chi connectivity index (χ0) is 6.08. The minimum atomic E-state index is -4.63. The van der Waals surface area contributed by atoms with E-state index in [4.69, 9.17) is 4.89 Å². The summed E-state index contributed by atoms with van der Waals surface area (Å²) >= 11 is 0. The van der Waals surface area contributed by atoms with Crippen LogP contribution in [0.15, 0.2) is 0 Å². The molecule has 0 amide bonds. The van der Waals surface area contributed by atoms with Gasteiger partial charge in [0.1, 0.15) is 0 Å². The van der Waals surface area contributed by atoms with Crippen molar-refractivity contribution < 1.29 is 48.7 Å². The molecule has 1 N–H and O–H groups in total. The van der Waals surface area contributed by atoms with Crippen molar-refractivity contribution in [1.29, 1.82) is 0 Å². The van der Waals surface area contributed by atoms with Crippen molar-refractivity contribution in [2.75, 3.05) is 0 Å². The SMILES string of the molecule is CC(=O)P(=O)([O-])O.[Na+]. The number of carbonyl (C=O) groups is 1. The monoisotopic (exact) mass is 146 g/mol. The van der Waals surface area contributed by atoms with E-state index in [2.05, 4.69) is 0 Å². The minimum Gasteiger partial charge on any atom is -0.773 e. The number of rotatable bonds is 1. The molecule has 0 aliphatic rings. The fraction of sp³-hybridized carbons (Fsp3) is 0.500. The second kappa shape index (κ2) is 3.77. The molecule has 42 valence electrons. The molecular formula is C2H4NaO4P. The van der Waals surface area contributed by atoms with Gasteiger partial charge in [-0.2, -0.15) is 0 Å². The van der Waals surface area contributed by atoms with E-state index in [9.17, 15) is 14.3 Å². The van der Waals surface area contributed by atoms with Gasteiger partial charge in [-0.3, -0.25) is 4.79 Å². The molecule has 6 heteroatoms.